The molecule has 0 saturated carbocycles. The van der Waals surface area contributed by atoms with Gasteiger partial charge in [0, 0.05) is 24.7 Å². The second kappa shape index (κ2) is 10.5. The van der Waals surface area contributed by atoms with Crippen LogP contribution in [0.25, 0.3) is 0 Å². The summed E-state index contributed by atoms with van der Waals surface area (Å²) >= 11 is 0. The molecule has 35 heavy (non-hydrogen) atoms. The maximum atomic E-state index is 13.1. The van der Waals surface area contributed by atoms with E-state index in [1.165, 1.54) is 9.80 Å². The quantitative estimate of drug-likeness (QED) is 0.657. The number of carbonyl (C=O) groups is 4. The number of anilines is 3. The number of hydrogen-bond acceptors (Lipinski definition) is 5. The molecule has 1 saturated heterocycles. The molecule has 3 N–H and O–H groups in total. The van der Waals surface area contributed by atoms with Crippen molar-refractivity contribution < 1.29 is 23.9 Å². The van der Waals surface area contributed by atoms with E-state index in [9.17, 15) is 19.2 Å². The SMILES string of the molecule is CCOc1ccc(NC(=O)N2CC(=O)N(CC(=O)N3CCC(C(N)=O)CC3)c3ccccc32)cc1. The van der Waals surface area contributed by atoms with Gasteiger partial charge in [-0.2, -0.15) is 0 Å². The highest BCUT2D eigenvalue weighted by Gasteiger charge is 2.35. The largest absolute Gasteiger partial charge is 0.494 e. The summed E-state index contributed by atoms with van der Waals surface area (Å²) in [7, 11) is 0. The zero-order valence-electron chi connectivity index (χ0n) is 19.6. The Morgan fingerprint density at radius 1 is 1.03 bits per heavy atom. The van der Waals surface area contributed by atoms with Crippen LogP contribution in [0.1, 0.15) is 19.8 Å². The fraction of sp³-hybridized carbons (Fsp3) is 0.360. The summed E-state index contributed by atoms with van der Waals surface area (Å²) in [5.74, 6) is -0.433. The van der Waals surface area contributed by atoms with E-state index in [0.717, 1.165) is 0 Å². The lowest BCUT2D eigenvalue weighted by Crippen LogP contribution is -2.53. The van der Waals surface area contributed by atoms with Gasteiger partial charge < -0.3 is 20.7 Å². The molecule has 10 nitrogen and oxygen atoms in total. The van der Waals surface area contributed by atoms with E-state index in [4.69, 9.17) is 10.5 Å². The molecular formula is C25H29N5O5. The van der Waals surface area contributed by atoms with Crippen LogP contribution in [0.15, 0.2) is 48.5 Å². The number of benzene rings is 2. The lowest BCUT2D eigenvalue weighted by atomic mass is 9.96. The molecular weight excluding hydrogens is 450 g/mol. The number of likely N-dealkylation sites (tertiary alicyclic amines) is 1. The van der Waals surface area contributed by atoms with Gasteiger partial charge in [0.05, 0.1) is 18.0 Å². The first-order valence-corrected chi connectivity index (χ1v) is 11.6. The third-order valence-corrected chi connectivity index (χ3v) is 6.26. The molecule has 4 rings (SSSR count). The highest BCUT2D eigenvalue weighted by atomic mass is 16.5. The van der Waals surface area contributed by atoms with Crippen molar-refractivity contribution in [2.24, 2.45) is 11.7 Å². The second-order valence-corrected chi connectivity index (χ2v) is 8.50. The van der Waals surface area contributed by atoms with E-state index in [-0.39, 0.29) is 36.7 Å². The molecule has 0 aliphatic carbocycles. The molecule has 2 aromatic rings. The summed E-state index contributed by atoms with van der Waals surface area (Å²) in [6.07, 6.45) is 1.04. The number of hydrogen-bond donors (Lipinski definition) is 2. The molecule has 2 aliphatic rings. The number of para-hydroxylation sites is 2. The van der Waals surface area contributed by atoms with Crippen molar-refractivity contribution in [1.82, 2.24) is 4.90 Å². The summed E-state index contributed by atoms with van der Waals surface area (Å²) in [6.45, 7) is 2.95. The highest BCUT2D eigenvalue weighted by Crippen LogP contribution is 2.34. The minimum absolute atomic E-state index is 0.133. The van der Waals surface area contributed by atoms with E-state index < -0.39 is 6.03 Å². The molecule has 0 unspecified atom stereocenters. The number of nitrogens with one attached hydrogen (secondary N) is 1. The molecule has 0 radical (unpaired) electrons. The minimum atomic E-state index is -0.450. The van der Waals surface area contributed by atoms with E-state index in [2.05, 4.69) is 5.32 Å². The Labute approximate surface area is 203 Å². The summed E-state index contributed by atoms with van der Waals surface area (Å²) in [5, 5.41) is 2.81. The predicted octanol–water partition coefficient (Wildman–Crippen LogP) is 2.19. The van der Waals surface area contributed by atoms with Gasteiger partial charge in [-0.3, -0.25) is 24.2 Å². The van der Waals surface area contributed by atoms with Crippen LogP contribution in [0.5, 0.6) is 5.75 Å². The van der Waals surface area contributed by atoms with E-state index >= 15 is 0 Å². The van der Waals surface area contributed by atoms with Crippen molar-refractivity contribution in [3.63, 3.8) is 0 Å². The van der Waals surface area contributed by atoms with Crippen LogP contribution >= 0.6 is 0 Å². The molecule has 0 bridgehead atoms. The first-order valence-electron chi connectivity index (χ1n) is 11.6. The van der Waals surface area contributed by atoms with Gasteiger partial charge in [-0.05, 0) is 56.2 Å². The lowest BCUT2D eigenvalue weighted by Gasteiger charge is -2.37. The van der Waals surface area contributed by atoms with E-state index in [1.807, 2.05) is 6.92 Å². The molecule has 0 aromatic heterocycles. The number of carbonyl (C=O) groups excluding carboxylic acids is 4. The van der Waals surface area contributed by atoms with Crippen LogP contribution in [-0.2, 0) is 14.4 Å². The zero-order chi connectivity index (χ0) is 24.9. The van der Waals surface area contributed by atoms with Gasteiger partial charge in [0.1, 0.15) is 18.8 Å². The molecule has 5 amide bonds. The number of ether oxygens (including phenoxy) is 1. The summed E-state index contributed by atoms with van der Waals surface area (Å²) in [4.78, 5) is 54.9. The van der Waals surface area contributed by atoms with Gasteiger partial charge in [-0.1, -0.05) is 12.1 Å². The number of nitrogens with zero attached hydrogens (tertiary/aromatic N) is 3. The normalized spacial score (nSPS) is 16.0. The molecule has 1 fully saturated rings. The monoisotopic (exact) mass is 479 g/mol. The van der Waals surface area contributed by atoms with Crippen LogP contribution in [0, 0.1) is 5.92 Å². The van der Waals surface area contributed by atoms with Crippen LogP contribution in [0.3, 0.4) is 0 Å². The predicted molar refractivity (Wildman–Crippen MR) is 131 cm³/mol. The third kappa shape index (κ3) is 5.37. The van der Waals surface area contributed by atoms with Crippen molar-refractivity contribution in [3.8, 4) is 5.75 Å². The average molecular weight is 480 g/mol. The molecule has 184 valence electrons. The number of piperidine rings is 1. The molecule has 2 aromatic carbocycles. The number of urea groups is 1. The van der Waals surface area contributed by atoms with Crippen molar-refractivity contribution >= 4 is 40.8 Å². The van der Waals surface area contributed by atoms with Crippen LogP contribution in [-0.4, -0.2) is 61.4 Å². The summed E-state index contributed by atoms with van der Waals surface area (Å²) < 4.78 is 5.42. The fourth-order valence-electron chi connectivity index (χ4n) is 4.36. The second-order valence-electron chi connectivity index (χ2n) is 8.50. The molecule has 2 aliphatic heterocycles. The first-order chi connectivity index (χ1) is 16.9. The van der Waals surface area contributed by atoms with E-state index in [1.54, 1.807) is 53.4 Å². The Morgan fingerprint density at radius 2 is 1.69 bits per heavy atom. The minimum Gasteiger partial charge on any atom is -0.494 e. The maximum absolute atomic E-state index is 13.1. The van der Waals surface area contributed by atoms with Crippen molar-refractivity contribution in [2.45, 2.75) is 19.8 Å². The third-order valence-electron chi connectivity index (χ3n) is 6.26. The Kier molecular flexibility index (Phi) is 7.19. The number of nitrogens with two attached hydrogens (primary N) is 1. The van der Waals surface area contributed by atoms with Gasteiger partial charge in [0.2, 0.25) is 17.7 Å². The van der Waals surface area contributed by atoms with Crippen molar-refractivity contribution in [2.75, 3.05) is 47.9 Å². The van der Waals surface area contributed by atoms with E-state index in [0.29, 0.717) is 55.3 Å². The topological polar surface area (TPSA) is 125 Å². The molecule has 10 heteroatoms. The zero-order valence-corrected chi connectivity index (χ0v) is 19.6. The van der Waals surface area contributed by atoms with Crippen LogP contribution in [0.2, 0.25) is 0 Å². The Morgan fingerprint density at radius 3 is 2.31 bits per heavy atom. The van der Waals surface area contributed by atoms with Crippen LogP contribution < -0.4 is 25.6 Å². The van der Waals surface area contributed by atoms with Gasteiger partial charge in [0.15, 0.2) is 0 Å². The van der Waals surface area contributed by atoms with Gasteiger partial charge in [-0.25, -0.2) is 4.79 Å². The fourth-order valence-corrected chi connectivity index (χ4v) is 4.36. The number of amides is 5. The maximum Gasteiger partial charge on any atom is 0.326 e. The standard InChI is InChI=1S/C25H29N5O5/c1-2-35-19-9-7-18(8-10-19)27-25(34)30-16-23(32)29(20-5-3-4-6-21(20)30)15-22(31)28-13-11-17(12-14-28)24(26)33/h3-10,17H,2,11-16H2,1H3,(H2,26,33)(H,27,34). The van der Waals surface area contributed by atoms with Gasteiger partial charge in [0.25, 0.3) is 0 Å². The van der Waals surface area contributed by atoms with Gasteiger partial charge >= 0.3 is 6.03 Å². The summed E-state index contributed by atoms with van der Waals surface area (Å²) in [6, 6.07) is 13.5. The first kappa shape index (κ1) is 24.1. The highest BCUT2D eigenvalue weighted by molar-refractivity contribution is 6.15. The Bertz CT molecular complexity index is 1110. The lowest BCUT2D eigenvalue weighted by molar-refractivity contribution is -0.134. The number of primary amides is 1. The van der Waals surface area contributed by atoms with Crippen molar-refractivity contribution in [3.05, 3.63) is 48.5 Å². The molecule has 0 atom stereocenters. The Hall–Kier alpha value is -4.08. The van der Waals surface area contributed by atoms with Gasteiger partial charge in [-0.15, -0.1) is 0 Å². The number of fused-ring (bicyclic) bond motifs is 1. The molecule has 2 heterocycles. The summed E-state index contributed by atoms with van der Waals surface area (Å²) in [5.41, 5.74) is 6.98. The molecule has 0 spiro atoms. The smallest absolute Gasteiger partial charge is 0.326 e. The number of rotatable bonds is 6. The van der Waals surface area contributed by atoms with Crippen LogP contribution in [0.4, 0.5) is 21.9 Å². The van der Waals surface area contributed by atoms with Crippen molar-refractivity contribution in [1.29, 1.82) is 0 Å². The Balaban J connectivity index is 1.46. The average Bonchev–Trinajstić information content (AvgIpc) is 2.86.